The summed E-state index contributed by atoms with van der Waals surface area (Å²) in [7, 11) is 0. The molecule has 43 heavy (non-hydrogen) atoms. The van der Waals surface area contributed by atoms with Crippen LogP contribution in [-0.4, -0.2) is 59.2 Å². The number of carboxylic acid groups (broad SMARTS) is 1. The van der Waals surface area contributed by atoms with Gasteiger partial charge in [0.2, 0.25) is 6.10 Å². The van der Waals surface area contributed by atoms with E-state index in [0.29, 0.717) is 12.1 Å². The van der Waals surface area contributed by atoms with Crippen molar-refractivity contribution in [1.82, 2.24) is 4.90 Å². The molecule has 3 aromatic carbocycles. The van der Waals surface area contributed by atoms with Crippen LogP contribution in [0.2, 0.25) is 5.02 Å². The molecule has 2 atom stereocenters. The molecule has 2 amide bonds. The molecule has 3 aliphatic heterocycles. The van der Waals surface area contributed by atoms with Crippen LogP contribution in [0.1, 0.15) is 58.8 Å². The normalized spacial score (nSPS) is 19.7. The summed E-state index contributed by atoms with van der Waals surface area (Å²) in [5, 5.41) is 16.1. The maximum absolute atomic E-state index is 14.7. The van der Waals surface area contributed by atoms with Crippen LogP contribution in [0.4, 0.5) is 15.8 Å². The zero-order valence-corrected chi connectivity index (χ0v) is 24.0. The molecule has 3 aromatic rings. The number of benzene rings is 3. The summed E-state index contributed by atoms with van der Waals surface area (Å²) >= 11 is 5.95. The molecule has 0 radical (unpaired) electrons. The average Bonchev–Trinajstić information content (AvgIpc) is 3.52. The van der Waals surface area contributed by atoms with Gasteiger partial charge in [0.25, 0.3) is 11.8 Å². The zero-order chi connectivity index (χ0) is 30.1. The molecule has 0 aliphatic carbocycles. The summed E-state index contributed by atoms with van der Waals surface area (Å²) in [5.41, 5.74) is 3.75. The van der Waals surface area contributed by atoms with Crippen LogP contribution >= 0.6 is 11.6 Å². The van der Waals surface area contributed by atoms with Gasteiger partial charge in [-0.05, 0) is 79.3 Å². The monoisotopic (exact) mass is 604 g/mol. The van der Waals surface area contributed by atoms with E-state index < -0.39 is 35.7 Å². The predicted molar refractivity (Wildman–Crippen MR) is 160 cm³/mol. The minimum absolute atomic E-state index is 0.0261. The van der Waals surface area contributed by atoms with Crippen LogP contribution in [-0.2, 0) is 20.8 Å². The molecular formula is C32H30ClFN4O5. The summed E-state index contributed by atoms with van der Waals surface area (Å²) in [6, 6.07) is 15.3. The molecular weight excluding hydrogens is 575 g/mol. The van der Waals surface area contributed by atoms with Crippen molar-refractivity contribution in [2.45, 2.75) is 44.2 Å². The molecule has 6 rings (SSSR count). The average molecular weight is 605 g/mol. The Hall–Kier alpha value is -4.44. The molecule has 0 saturated carbocycles. The van der Waals surface area contributed by atoms with Gasteiger partial charge in [-0.3, -0.25) is 9.59 Å². The number of halogens is 2. The Morgan fingerprint density at radius 1 is 0.977 bits per heavy atom. The number of rotatable bonds is 6. The second-order valence-corrected chi connectivity index (χ2v) is 11.3. The number of nitrogens with one attached hydrogen (secondary N) is 1. The molecule has 0 aromatic heterocycles. The first kappa shape index (κ1) is 28.7. The molecule has 0 bridgehead atoms. The Labute approximate surface area is 252 Å². The summed E-state index contributed by atoms with van der Waals surface area (Å²) < 4.78 is 14.7. The Kier molecular flexibility index (Phi) is 8.03. The van der Waals surface area contributed by atoms with Crippen LogP contribution in [0.5, 0.6) is 0 Å². The second kappa shape index (κ2) is 12.0. The fraction of sp³-hybridized carbons (Fsp3) is 0.312. The standard InChI is InChI=1S/C32H30ClFN4O5/c33-24-8-4-7-23(28(24)34)25-18-27(43-36-25)31(40)38-17-14-21-22(6-5-9-26(21)37-15-2-1-3-16-37)29(38)30(39)35-20-12-10-19(11-13-20)32(41)42/h4-13,27,29H,1-3,14-18H2,(H,35,39)(H,41,42)/t27?,29-/m0/s1. The lowest BCUT2D eigenvalue weighted by Crippen LogP contribution is -2.49. The number of hydrogen-bond donors (Lipinski definition) is 2. The zero-order valence-electron chi connectivity index (χ0n) is 23.3. The number of amides is 2. The highest BCUT2D eigenvalue weighted by Crippen LogP contribution is 2.38. The smallest absolute Gasteiger partial charge is 0.335 e. The highest BCUT2D eigenvalue weighted by molar-refractivity contribution is 6.31. The van der Waals surface area contributed by atoms with E-state index in [1.807, 2.05) is 12.1 Å². The minimum Gasteiger partial charge on any atom is -0.478 e. The second-order valence-electron chi connectivity index (χ2n) is 10.9. The molecule has 1 fully saturated rings. The maximum Gasteiger partial charge on any atom is 0.335 e. The molecule has 1 unspecified atom stereocenters. The third-order valence-electron chi connectivity index (χ3n) is 8.23. The van der Waals surface area contributed by atoms with Crippen molar-refractivity contribution in [2.24, 2.45) is 5.16 Å². The van der Waals surface area contributed by atoms with Gasteiger partial charge in [-0.1, -0.05) is 35.0 Å². The van der Waals surface area contributed by atoms with Gasteiger partial charge < -0.3 is 25.1 Å². The van der Waals surface area contributed by atoms with Crippen LogP contribution < -0.4 is 10.2 Å². The first-order valence-electron chi connectivity index (χ1n) is 14.3. The molecule has 2 N–H and O–H groups in total. The third-order valence-corrected chi connectivity index (χ3v) is 8.52. The first-order valence-corrected chi connectivity index (χ1v) is 14.7. The Morgan fingerprint density at radius 3 is 2.47 bits per heavy atom. The van der Waals surface area contributed by atoms with Crippen LogP contribution in [0.3, 0.4) is 0 Å². The lowest BCUT2D eigenvalue weighted by Gasteiger charge is -2.40. The summed E-state index contributed by atoms with van der Waals surface area (Å²) in [6.07, 6.45) is 2.92. The van der Waals surface area contributed by atoms with E-state index in [1.54, 1.807) is 6.07 Å². The summed E-state index contributed by atoms with van der Waals surface area (Å²) in [4.78, 5) is 48.6. The van der Waals surface area contributed by atoms with E-state index in [9.17, 15) is 23.9 Å². The Balaban J connectivity index is 1.30. The van der Waals surface area contributed by atoms with Gasteiger partial charge >= 0.3 is 5.97 Å². The van der Waals surface area contributed by atoms with E-state index in [2.05, 4.69) is 21.4 Å². The molecule has 0 spiro atoms. The van der Waals surface area contributed by atoms with Gasteiger partial charge in [0.15, 0.2) is 5.82 Å². The molecule has 3 heterocycles. The largest absolute Gasteiger partial charge is 0.478 e. The topological polar surface area (TPSA) is 112 Å². The van der Waals surface area contributed by atoms with Crippen molar-refractivity contribution in [3.63, 3.8) is 0 Å². The number of piperidine rings is 1. The van der Waals surface area contributed by atoms with E-state index in [4.69, 9.17) is 16.4 Å². The van der Waals surface area contributed by atoms with Crippen molar-refractivity contribution in [2.75, 3.05) is 29.9 Å². The number of fused-ring (bicyclic) bond motifs is 1. The van der Waals surface area contributed by atoms with Gasteiger partial charge in [0.05, 0.1) is 16.3 Å². The van der Waals surface area contributed by atoms with Crippen LogP contribution in [0, 0.1) is 5.82 Å². The number of carbonyl (C=O) groups is 3. The minimum atomic E-state index is -1.07. The predicted octanol–water partition coefficient (Wildman–Crippen LogP) is 5.43. The van der Waals surface area contributed by atoms with Crippen molar-refractivity contribution in [3.8, 4) is 0 Å². The fourth-order valence-corrected chi connectivity index (χ4v) is 6.26. The first-order chi connectivity index (χ1) is 20.8. The number of aromatic carboxylic acids is 1. The van der Waals surface area contributed by atoms with E-state index >= 15 is 0 Å². The van der Waals surface area contributed by atoms with Gasteiger partial charge in [0.1, 0.15) is 6.04 Å². The number of oxime groups is 1. The maximum atomic E-state index is 14.7. The van der Waals surface area contributed by atoms with Crippen molar-refractivity contribution >= 4 is 46.5 Å². The number of carboxylic acids is 1. The quantitative estimate of drug-likeness (QED) is 0.388. The van der Waals surface area contributed by atoms with Gasteiger partial charge in [-0.2, -0.15) is 0 Å². The van der Waals surface area contributed by atoms with Gasteiger partial charge in [-0.15, -0.1) is 0 Å². The van der Waals surface area contributed by atoms with Crippen molar-refractivity contribution in [1.29, 1.82) is 0 Å². The van der Waals surface area contributed by atoms with Gasteiger partial charge in [0, 0.05) is 43.0 Å². The SMILES string of the molecule is O=C(O)c1ccc(NC(=O)[C@@H]2c3cccc(N4CCCCC4)c3CCN2C(=O)C2CC(c3cccc(Cl)c3F)=NO2)cc1. The lowest BCUT2D eigenvalue weighted by atomic mass is 9.89. The number of carbonyl (C=O) groups excluding carboxylic acids is 2. The Bertz CT molecular complexity index is 1610. The molecule has 1 saturated heterocycles. The number of hydrogen-bond acceptors (Lipinski definition) is 6. The highest BCUT2D eigenvalue weighted by Gasteiger charge is 2.42. The van der Waals surface area contributed by atoms with Gasteiger partial charge in [-0.25, -0.2) is 9.18 Å². The highest BCUT2D eigenvalue weighted by atomic mass is 35.5. The van der Waals surface area contributed by atoms with E-state index in [1.165, 1.54) is 47.7 Å². The van der Waals surface area contributed by atoms with Crippen molar-refractivity contribution in [3.05, 3.63) is 93.8 Å². The number of nitrogens with zero attached hydrogens (tertiary/aromatic N) is 3. The molecule has 3 aliphatic rings. The Morgan fingerprint density at radius 2 is 1.72 bits per heavy atom. The summed E-state index contributed by atoms with van der Waals surface area (Å²) in [6.45, 7) is 2.14. The lowest BCUT2D eigenvalue weighted by molar-refractivity contribution is -0.148. The van der Waals surface area contributed by atoms with E-state index in [-0.39, 0.29) is 34.8 Å². The number of anilines is 2. The summed E-state index contributed by atoms with van der Waals surface area (Å²) in [5.74, 6) is -2.58. The molecule has 11 heteroatoms. The van der Waals surface area contributed by atoms with Crippen LogP contribution in [0.25, 0.3) is 0 Å². The fourth-order valence-electron chi connectivity index (χ4n) is 6.09. The third kappa shape index (κ3) is 5.67. The van der Waals surface area contributed by atoms with E-state index in [0.717, 1.165) is 42.7 Å². The molecule has 222 valence electrons. The molecule has 9 nitrogen and oxygen atoms in total. The van der Waals surface area contributed by atoms with Crippen molar-refractivity contribution < 1.29 is 28.7 Å². The van der Waals surface area contributed by atoms with Crippen LogP contribution in [0.15, 0.2) is 65.8 Å².